The van der Waals surface area contributed by atoms with Crippen molar-refractivity contribution in [2.45, 2.75) is 6.42 Å². The summed E-state index contributed by atoms with van der Waals surface area (Å²) in [6, 6.07) is 6.55. The molecular formula is C16H26N6O3. The predicted molar refractivity (Wildman–Crippen MR) is 98.0 cm³/mol. The fourth-order valence-corrected chi connectivity index (χ4v) is 2.54. The van der Waals surface area contributed by atoms with Gasteiger partial charge in [-0.1, -0.05) is 12.1 Å². The molecule has 1 aliphatic rings. The summed E-state index contributed by atoms with van der Waals surface area (Å²) in [6.07, 6.45) is 0.955. The molecule has 1 heterocycles. The average Bonchev–Trinajstić information content (AvgIpc) is 2.63. The molecule has 0 spiro atoms. The van der Waals surface area contributed by atoms with E-state index in [9.17, 15) is 10.1 Å². The molecule has 9 heteroatoms. The van der Waals surface area contributed by atoms with Crippen molar-refractivity contribution in [3.8, 4) is 0 Å². The number of hydrogen-bond acceptors (Lipinski definition) is 6. The van der Waals surface area contributed by atoms with Crippen LogP contribution in [0.1, 0.15) is 6.42 Å². The number of morpholine rings is 1. The van der Waals surface area contributed by atoms with Crippen LogP contribution in [-0.2, 0) is 4.74 Å². The summed E-state index contributed by atoms with van der Waals surface area (Å²) in [5.41, 5.74) is 6.38. The largest absolute Gasteiger partial charge is 0.379 e. The molecule has 25 heavy (non-hydrogen) atoms. The number of guanidine groups is 1. The SMILES string of the molecule is NC(=NCCCN1CCOCC1)NCCNc1ccccc1[N+](=O)[O-]. The fourth-order valence-electron chi connectivity index (χ4n) is 2.54. The fraction of sp³-hybridized carbons (Fsp3) is 0.562. The number of nitrogens with one attached hydrogen (secondary N) is 2. The van der Waals surface area contributed by atoms with Crippen LogP contribution in [0.25, 0.3) is 0 Å². The highest BCUT2D eigenvalue weighted by molar-refractivity contribution is 5.77. The molecule has 2 rings (SSSR count). The number of rotatable bonds is 9. The number of hydrogen-bond donors (Lipinski definition) is 3. The molecule has 1 saturated heterocycles. The highest BCUT2D eigenvalue weighted by atomic mass is 16.6. The van der Waals surface area contributed by atoms with Gasteiger partial charge in [0, 0.05) is 45.3 Å². The third kappa shape index (κ3) is 6.94. The van der Waals surface area contributed by atoms with Crippen LogP contribution >= 0.6 is 0 Å². The second-order valence-electron chi connectivity index (χ2n) is 5.70. The Labute approximate surface area is 147 Å². The van der Waals surface area contributed by atoms with Crippen molar-refractivity contribution in [1.82, 2.24) is 10.2 Å². The minimum absolute atomic E-state index is 0.0623. The Balaban J connectivity index is 1.60. The Bertz CT molecular complexity index is 575. The maximum atomic E-state index is 10.9. The normalized spacial score (nSPS) is 15.8. The molecule has 0 saturated carbocycles. The third-order valence-corrected chi connectivity index (χ3v) is 3.87. The van der Waals surface area contributed by atoms with E-state index in [0.29, 0.717) is 31.3 Å². The Morgan fingerprint density at radius 3 is 2.84 bits per heavy atom. The van der Waals surface area contributed by atoms with E-state index in [1.54, 1.807) is 18.2 Å². The first-order chi connectivity index (χ1) is 12.2. The molecule has 0 bridgehead atoms. The molecule has 1 aromatic carbocycles. The van der Waals surface area contributed by atoms with Crippen molar-refractivity contribution >= 4 is 17.3 Å². The number of para-hydroxylation sites is 2. The van der Waals surface area contributed by atoms with E-state index in [4.69, 9.17) is 10.5 Å². The van der Waals surface area contributed by atoms with Gasteiger partial charge >= 0.3 is 0 Å². The first-order valence-corrected chi connectivity index (χ1v) is 8.48. The van der Waals surface area contributed by atoms with Crippen LogP contribution in [0.4, 0.5) is 11.4 Å². The van der Waals surface area contributed by atoms with Crippen LogP contribution in [0.3, 0.4) is 0 Å². The van der Waals surface area contributed by atoms with E-state index in [-0.39, 0.29) is 5.69 Å². The van der Waals surface area contributed by atoms with Gasteiger partial charge in [0.1, 0.15) is 5.69 Å². The standard InChI is InChI=1S/C16H26N6O3/c17-16(19-6-3-9-21-10-12-25-13-11-21)20-8-7-18-14-4-1-2-5-15(14)22(23)24/h1-2,4-5,18H,3,6-13H2,(H3,17,19,20). The molecular weight excluding hydrogens is 324 g/mol. The first-order valence-electron chi connectivity index (χ1n) is 8.48. The second-order valence-corrected chi connectivity index (χ2v) is 5.70. The maximum Gasteiger partial charge on any atom is 0.292 e. The molecule has 0 unspecified atom stereocenters. The monoisotopic (exact) mass is 350 g/mol. The molecule has 4 N–H and O–H groups in total. The molecule has 1 fully saturated rings. The number of nitro benzene ring substituents is 1. The average molecular weight is 350 g/mol. The first kappa shape index (κ1) is 18.9. The Morgan fingerprint density at radius 2 is 2.08 bits per heavy atom. The highest BCUT2D eigenvalue weighted by Gasteiger charge is 2.11. The predicted octanol–water partition coefficient (Wildman–Crippen LogP) is 0.633. The highest BCUT2D eigenvalue weighted by Crippen LogP contribution is 2.22. The van der Waals surface area contributed by atoms with Gasteiger partial charge in [0.2, 0.25) is 0 Å². The Morgan fingerprint density at radius 1 is 1.32 bits per heavy atom. The summed E-state index contributed by atoms with van der Waals surface area (Å²) in [7, 11) is 0. The van der Waals surface area contributed by atoms with Crippen LogP contribution in [0.2, 0.25) is 0 Å². The van der Waals surface area contributed by atoms with E-state index < -0.39 is 4.92 Å². The summed E-state index contributed by atoms with van der Waals surface area (Å²) in [5.74, 6) is 0.395. The maximum absolute atomic E-state index is 10.9. The van der Waals surface area contributed by atoms with Crippen LogP contribution < -0.4 is 16.4 Å². The van der Waals surface area contributed by atoms with Crippen LogP contribution in [0, 0.1) is 10.1 Å². The lowest BCUT2D eigenvalue weighted by Crippen LogP contribution is -2.37. The van der Waals surface area contributed by atoms with E-state index in [0.717, 1.165) is 39.3 Å². The molecule has 0 aromatic heterocycles. The minimum Gasteiger partial charge on any atom is -0.379 e. The lowest BCUT2D eigenvalue weighted by Gasteiger charge is -2.26. The number of nitrogens with two attached hydrogens (primary N) is 1. The van der Waals surface area contributed by atoms with Crippen molar-refractivity contribution in [3.05, 3.63) is 34.4 Å². The topological polar surface area (TPSA) is 118 Å². The summed E-state index contributed by atoms with van der Waals surface area (Å²) >= 11 is 0. The summed E-state index contributed by atoms with van der Waals surface area (Å²) < 4.78 is 5.31. The van der Waals surface area contributed by atoms with Crippen molar-refractivity contribution in [2.75, 3.05) is 57.8 Å². The Kier molecular flexibility index (Phi) is 7.93. The van der Waals surface area contributed by atoms with Crippen LogP contribution in [-0.4, -0.2) is 68.3 Å². The van der Waals surface area contributed by atoms with Crippen LogP contribution in [0.5, 0.6) is 0 Å². The van der Waals surface area contributed by atoms with E-state index in [1.165, 1.54) is 6.07 Å². The van der Waals surface area contributed by atoms with E-state index >= 15 is 0 Å². The number of benzene rings is 1. The molecule has 9 nitrogen and oxygen atoms in total. The van der Waals surface area contributed by atoms with E-state index in [1.807, 2.05) is 0 Å². The van der Waals surface area contributed by atoms with Gasteiger partial charge in [0.25, 0.3) is 5.69 Å². The van der Waals surface area contributed by atoms with Gasteiger partial charge in [-0.05, 0) is 12.5 Å². The number of aliphatic imine (C=N–C) groups is 1. The van der Waals surface area contributed by atoms with Gasteiger partial charge in [-0.15, -0.1) is 0 Å². The minimum atomic E-state index is -0.403. The summed E-state index contributed by atoms with van der Waals surface area (Å²) in [5, 5.41) is 17.0. The zero-order chi connectivity index (χ0) is 17.9. The lowest BCUT2D eigenvalue weighted by molar-refractivity contribution is -0.384. The molecule has 1 aromatic rings. The number of nitro groups is 1. The molecule has 1 aliphatic heterocycles. The molecule has 0 amide bonds. The van der Waals surface area contributed by atoms with Gasteiger partial charge in [0.15, 0.2) is 5.96 Å². The van der Waals surface area contributed by atoms with Gasteiger partial charge in [-0.3, -0.25) is 20.0 Å². The van der Waals surface area contributed by atoms with Gasteiger partial charge < -0.3 is 21.1 Å². The quantitative estimate of drug-likeness (QED) is 0.197. The molecule has 0 atom stereocenters. The van der Waals surface area contributed by atoms with Gasteiger partial charge in [-0.2, -0.15) is 0 Å². The molecule has 0 aliphatic carbocycles. The summed E-state index contributed by atoms with van der Waals surface area (Å²) in [6.45, 7) is 6.29. The van der Waals surface area contributed by atoms with Gasteiger partial charge in [0.05, 0.1) is 18.1 Å². The molecule has 138 valence electrons. The Hall–Kier alpha value is -2.39. The summed E-state index contributed by atoms with van der Waals surface area (Å²) in [4.78, 5) is 17.2. The zero-order valence-electron chi connectivity index (χ0n) is 14.3. The molecule has 0 radical (unpaired) electrons. The zero-order valence-corrected chi connectivity index (χ0v) is 14.3. The lowest BCUT2D eigenvalue weighted by atomic mass is 10.2. The van der Waals surface area contributed by atoms with E-state index in [2.05, 4.69) is 20.5 Å². The third-order valence-electron chi connectivity index (χ3n) is 3.87. The van der Waals surface area contributed by atoms with Crippen molar-refractivity contribution in [3.63, 3.8) is 0 Å². The second kappa shape index (κ2) is 10.5. The van der Waals surface area contributed by atoms with Crippen LogP contribution in [0.15, 0.2) is 29.3 Å². The van der Waals surface area contributed by atoms with Crippen molar-refractivity contribution in [1.29, 1.82) is 0 Å². The van der Waals surface area contributed by atoms with Crippen molar-refractivity contribution in [2.24, 2.45) is 10.7 Å². The van der Waals surface area contributed by atoms with Gasteiger partial charge in [-0.25, -0.2) is 0 Å². The van der Waals surface area contributed by atoms with Crippen molar-refractivity contribution < 1.29 is 9.66 Å². The number of anilines is 1. The number of ether oxygens (including phenoxy) is 1. The number of nitrogens with zero attached hydrogens (tertiary/aromatic N) is 3. The smallest absolute Gasteiger partial charge is 0.292 e.